The lowest BCUT2D eigenvalue weighted by molar-refractivity contribution is 0.0478. The quantitative estimate of drug-likeness (QED) is 0.479. The van der Waals surface area contributed by atoms with Gasteiger partial charge in [-0.2, -0.15) is 0 Å². The number of carbonyl (C=O) groups is 2. The smallest absolute Gasteiger partial charge is 0.349 e. The third-order valence-corrected chi connectivity index (χ3v) is 5.32. The number of benzene rings is 2. The molecule has 5 nitrogen and oxygen atoms in total. The van der Waals surface area contributed by atoms with Gasteiger partial charge in [0.2, 0.25) is 5.78 Å². The van der Waals surface area contributed by atoms with Crippen LogP contribution in [-0.2, 0) is 4.74 Å². The number of hydrogen-bond donors (Lipinski definition) is 0. The normalized spacial score (nSPS) is 10.6. The van der Waals surface area contributed by atoms with Gasteiger partial charge in [-0.3, -0.25) is 4.79 Å². The van der Waals surface area contributed by atoms with Gasteiger partial charge in [0, 0.05) is 4.70 Å². The molecule has 0 aliphatic heterocycles. The number of fused-ring (bicyclic) bond motifs is 1. The van der Waals surface area contributed by atoms with E-state index in [1.807, 2.05) is 31.2 Å². The van der Waals surface area contributed by atoms with Gasteiger partial charge in [0.1, 0.15) is 16.4 Å². The number of esters is 1. The molecule has 0 amide bonds. The number of methoxy groups -OCH3 is 2. The topological polar surface area (TPSA) is 61.8 Å². The highest BCUT2D eigenvalue weighted by molar-refractivity contribution is 7.21. The first kappa shape index (κ1) is 17.9. The summed E-state index contributed by atoms with van der Waals surface area (Å²) in [6.07, 6.45) is 0. The van der Waals surface area contributed by atoms with Crippen molar-refractivity contribution in [2.24, 2.45) is 0 Å². The lowest BCUT2D eigenvalue weighted by atomic mass is 10.1. The van der Waals surface area contributed by atoms with E-state index < -0.39 is 5.97 Å². The largest absolute Gasteiger partial charge is 0.497 e. The second-order valence-electron chi connectivity index (χ2n) is 5.62. The van der Waals surface area contributed by atoms with E-state index in [0.717, 1.165) is 15.6 Å². The molecule has 3 rings (SSSR count). The molecule has 0 saturated heterocycles. The summed E-state index contributed by atoms with van der Waals surface area (Å²) in [6.45, 7) is 1.51. The van der Waals surface area contributed by atoms with Gasteiger partial charge >= 0.3 is 5.97 Å². The Morgan fingerprint density at radius 2 is 1.81 bits per heavy atom. The summed E-state index contributed by atoms with van der Waals surface area (Å²) in [5.74, 6) is 0.0810. The van der Waals surface area contributed by atoms with E-state index in [-0.39, 0.29) is 12.4 Å². The second kappa shape index (κ2) is 7.58. The van der Waals surface area contributed by atoms with Gasteiger partial charge in [-0.05, 0) is 42.1 Å². The molecule has 0 aliphatic rings. The Morgan fingerprint density at radius 1 is 1.04 bits per heavy atom. The lowest BCUT2D eigenvalue weighted by Gasteiger charge is -2.10. The van der Waals surface area contributed by atoms with Gasteiger partial charge in [-0.1, -0.05) is 18.2 Å². The van der Waals surface area contributed by atoms with Crippen LogP contribution in [0.25, 0.3) is 10.1 Å². The van der Waals surface area contributed by atoms with Crippen LogP contribution in [0.15, 0.2) is 42.5 Å². The minimum Gasteiger partial charge on any atom is -0.497 e. The summed E-state index contributed by atoms with van der Waals surface area (Å²) < 4.78 is 16.6. The molecular weight excluding hydrogens is 352 g/mol. The van der Waals surface area contributed by atoms with Crippen LogP contribution in [0.5, 0.6) is 11.5 Å². The van der Waals surface area contributed by atoms with Crippen LogP contribution < -0.4 is 9.47 Å². The molecule has 134 valence electrons. The Kier molecular flexibility index (Phi) is 5.23. The molecule has 6 heteroatoms. The van der Waals surface area contributed by atoms with Crippen molar-refractivity contribution in [1.82, 2.24) is 0 Å². The first-order valence-electron chi connectivity index (χ1n) is 7.95. The maximum absolute atomic E-state index is 12.5. The molecule has 26 heavy (non-hydrogen) atoms. The van der Waals surface area contributed by atoms with Gasteiger partial charge in [0.25, 0.3) is 0 Å². The molecule has 0 N–H and O–H groups in total. The first-order chi connectivity index (χ1) is 12.5. The summed E-state index contributed by atoms with van der Waals surface area (Å²) in [5.41, 5.74) is 1.18. The summed E-state index contributed by atoms with van der Waals surface area (Å²) in [4.78, 5) is 25.4. The minimum atomic E-state index is -0.501. The third-order valence-electron chi connectivity index (χ3n) is 4.07. The number of thiophene rings is 1. The number of Topliss-reactive ketones (excluding diaryl/α,β-unsaturated/α-hetero) is 1. The molecule has 0 radical (unpaired) electrons. The monoisotopic (exact) mass is 370 g/mol. The van der Waals surface area contributed by atoms with Crippen LogP contribution in [0.1, 0.15) is 25.6 Å². The van der Waals surface area contributed by atoms with Crippen molar-refractivity contribution in [3.8, 4) is 11.5 Å². The summed E-state index contributed by atoms with van der Waals surface area (Å²) >= 11 is 1.36. The molecule has 0 unspecified atom stereocenters. The number of ether oxygens (including phenoxy) is 3. The zero-order valence-corrected chi connectivity index (χ0v) is 15.5. The van der Waals surface area contributed by atoms with E-state index in [1.54, 1.807) is 18.2 Å². The van der Waals surface area contributed by atoms with Crippen LogP contribution in [0.4, 0.5) is 0 Å². The van der Waals surface area contributed by atoms with Gasteiger partial charge in [-0.15, -0.1) is 11.3 Å². The Hall–Kier alpha value is -2.86. The molecule has 0 bridgehead atoms. The summed E-state index contributed by atoms with van der Waals surface area (Å²) in [5, 5.41) is 1.02. The predicted molar refractivity (Wildman–Crippen MR) is 101 cm³/mol. The highest BCUT2D eigenvalue weighted by Crippen LogP contribution is 2.31. The van der Waals surface area contributed by atoms with Crippen molar-refractivity contribution < 1.29 is 23.8 Å². The maximum atomic E-state index is 12.5. The summed E-state index contributed by atoms with van der Waals surface area (Å²) in [6, 6.07) is 12.7. The summed E-state index contributed by atoms with van der Waals surface area (Å²) in [7, 11) is 2.99. The predicted octanol–water partition coefficient (Wildman–Crippen LogP) is 4.27. The standard InChI is InChI=1S/C20H18O5S/c1-12-14-6-4-5-7-18(14)26-19(12)20(22)25-11-16(21)15-10-13(23-2)8-9-17(15)24-3/h4-10H,11H2,1-3H3. The molecule has 0 aliphatic carbocycles. The van der Waals surface area contributed by atoms with Crippen molar-refractivity contribution >= 4 is 33.2 Å². The third kappa shape index (κ3) is 3.41. The fraction of sp³-hybridized carbons (Fsp3) is 0.200. The Bertz CT molecular complexity index is 973. The fourth-order valence-electron chi connectivity index (χ4n) is 2.68. The lowest BCUT2D eigenvalue weighted by Crippen LogP contribution is -2.15. The van der Waals surface area contributed by atoms with Crippen molar-refractivity contribution in [2.45, 2.75) is 6.92 Å². The van der Waals surface area contributed by atoms with E-state index in [4.69, 9.17) is 14.2 Å². The maximum Gasteiger partial charge on any atom is 0.349 e. The molecule has 0 fully saturated rings. The Morgan fingerprint density at radius 3 is 2.50 bits per heavy atom. The second-order valence-corrected chi connectivity index (χ2v) is 6.67. The average Bonchev–Trinajstić information content (AvgIpc) is 3.02. The van der Waals surface area contributed by atoms with E-state index >= 15 is 0 Å². The number of aryl methyl sites for hydroxylation is 1. The molecule has 3 aromatic rings. The zero-order valence-electron chi connectivity index (χ0n) is 14.7. The molecular formula is C20H18O5S. The highest BCUT2D eigenvalue weighted by Gasteiger charge is 2.20. The van der Waals surface area contributed by atoms with E-state index in [2.05, 4.69) is 0 Å². The van der Waals surface area contributed by atoms with Gasteiger partial charge < -0.3 is 14.2 Å². The molecule has 1 aromatic heterocycles. The van der Waals surface area contributed by atoms with Crippen LogP contribution in [-0.4, -0.2) is 32.6 Å². The van der Waals surface area contributed by atoms with Gasteiger partial charge in [0.05, 0.1) is 19.8 Å². The number of rotatable bonds is 6. The molecule has 1 heterocycles. The fourth-order valence-corrected chi connectivity index (χ4v) is 3.78. The SMILES string of the molecule is COc1ccc(OC)c(C(=O)COC(=O)c2sc3ccccc3c2C)c1. The highest BCUT2D eigenvalue weighted by atomic mass is 32.1. The van der Waals surface area contributed by atoms with Crippen LogP contribution in [0.2, 0.25) is 0 Å². The zero-order chi connectivity index (χ0) is 18.7. The Labute approximate surface area is 155 Å². The molecule has 2 aromatic carbocycles. The molecule has 0 spiro atoms. The average molecular weight is 370 g/mol. The van der Waals surface area contributed by atoms with E-state index in [9.17, 15) is 9.59 Å². The van der Waals surface area contributed by atoms with Crippen LogP contribution >= 0.6 is 11.3 Å². The van der Waals surface area contributed by atoms with Crippen molar-refractivity contribution in [1.29, 1.82) is 0 Å². The van der Waals surface area contributed by atoms with Crippen molar-refractivity contribution in [2.75, 3.05) is 20.8 Å². The Balaban J connectivity index is 1.77. The van der Waals surface area contributed by atoms with Crippen molar-refractivity contribution in [3.63, 3.8) is 0 Å². The van der Waals surface area contributed by atoms with Crippen LogP contribution in [0.3, 0.4) is 0 Å². The number of carbonyl (C=O) groups excluding carboxylic acids is 2. The van der Waals surface area contributed by atoms with Crippen LogP contribution in [0, 0.1) is 6.92 Å². The van der Waals surface area contributed by atoms with Crippen molar-refractivity contribution in [3.05, 3.63) is 58.5 Å². The van der Waals surface area contributed by atoms with Gasteiger partial charge in [-0.25, -0.2) is 4.79 Å². The minimum absolute atomic E-state index is 0.313. The van der Waals surface area contributed by atoms with E-state index in [1.165, 1.54) is 25.6 Å². The number of ketones is 1. The van der Waals surface area contributed by atoms with Gasteiger partial charge in [0.15, 0.2) is 6.61 Å². The number of hydrogen-bond acceptors (Lipinski definition) is 6. The molecule has 0 saturated carbocycles. The first-order valence-corrected chi connectivity index (χ1v) is 8.77. The molecule has 0 atom stereocenters. The van der Waals surface area contributed by atoms with E-state index in [0.29, 0.717) is 21.9 Å².